The number of ether oxygens (including phenoxy) is 1. The monoisotopic (exact) mass is 203 g/mol. The molecule has 2 aromatic heterocycles. The zero-order valence-corrected chi connectivity index (χ0v) is 8.16. The molecule has 1 atom stereocenters. The number of hydrogen-bond acceptors (Lipinski definition) is 5. The summed E-state index contributed by atoms with van der Waals surface area (Å²) in [6, 6.07) is 2.00. The van der Waals surface area contributed by atoms with Gasteiger partial charge in [-0.15, -0.1) is 5.10 Å². The highest BCUT2D eigenvalue weighted by molar-refractivity contribution is 5.35. The second kappa shape index (κ2) is 3.09. The number of tetrazole rings is 1. The molecule has 1 fully saturated rings. The summed E-state index contributed by atoms with van der Waals surface area (Å²) in [5.74, 6) is 0. The van der Waals surface area contributed by atoms with E-state index < -0.39 is 0 Å². The standard InChI is InChI=1S/C9H9N5O/c1-6-2-7(14-5-11-12-13-14)3-10-9(6)8-4-15-8/h2-3,5,8H,4H2,1H3/t8-/m1/s1. The maximum absolute atomic E-state index is 5.20. The molecular formula is C9H9N5O. The second-order valence-corrected chi connectivity index (χ2v) is 3.47. The average molecular weight is 203 g/mol. The lowest BCUT2D eigenvalue weighted by Gasteiger charge is -2.04. The predicted octanol–water partition coefficient (Wildman–Crippen LogP) is 0.437. The molecule has 0 amide bonds. The molecule has 0 spiro atoms. The molecule has 3 heterocycles. The molecule has 1 aliphatic heterocycles. The fraction of sp³-hybridized carbons (Fsp3) is 0.333. The van der Waals surface area contributed by atoms with Crippen LogP contribution in [0.25, 0.3) is 5.69 Å². The molecule has 76 valence electrons. The fourth-order valence-electron chi connectivity index (χ4n) is 1.52. The number of pyridine rings is 1. The first-order chi connectivity index (χ1) is 7.34. The molecule has 1 aliphatic rings. The van der Waals surface area contributed by atoms with Crippen molar-refractivity contribution in [3.8, 4) is 5.69 Å². The summed E-state index contributed by atoms with van der Waals surface area (Å²) < 4.78 is 6.78. The Morgan fingerprint density at radius 2 is 2.40 bits per heavy atom. The Morgan fingerprint density at radius 3 is 3.00 bits per heavy atom. The summed E-state index contributed by atoms with van der Waals surface area (Å²) in [6.07, 6.45) is 3.48. The molecule has 15 heavy (non-hydrogen) atoms. The van der Waals surface area contributed by atoms with Crippen LogP contribution in [0.5, 0.6) is 0 Å². The summed E-state index contributed by atoms with van der Waals surface area (Å²) in [7, 11) is 0. The molecule has 0 aliphatic carbocycles. The number of nitrogens with zero attached hydrogens (tertiary/aromatic N) is 5. The van der Waals surface area contributed by atoms with Gasteiger partial charge in [-0.2, -0.15) is 4.68 Å². The van der Waals surface area contributed by atoms with Crippen molar-refractivity contribution < 1.29 is 4.74 Å². The van der Waals surface area contributed by atoms with E-state index in [0.29, 0.717) is 0 Å². The van der Waals surface area contributed by atoms with E-state index in [0.717, 1.165) is 23.6 Å². The van der Waals surface area contributed by atoms with E-state index in [1.165, 1.54) is 0 Å². The molecule has 0 N–H and O–H groups in total. The first-order valence-corrected chi connectivity index (χ1v) is 4.66. The Hall–Kier alpha value is -1.82. The zero-order valence-electron chi connectivity index (χ0n) is 8.16. The molecule has 0 saturated carbocycles. The largest absolute Gasteiger partial charge is 0.366 e. The van der Waals surface area contributed by atoms with Gasteiger partial charge in [0.1, 0.15) is 12.4 Å². The lowest BCUT2D eigenvalue weighted by Crippen LogP contribution is -2.00. The van der Waals surface area contributed by atoms with Crippen LogP contribution < -0.4 is 0 Å². The zero-order chi connectivity index (χ0) is 10.3. The molecular weight excluding hydrogens is 194 g/mol. The number of aryl methyl sites for hydroxylation is 1. The molecule has 3 rings (SSSR count). The Balaban J connectivity index is 2.01. The van der Waals surface area contributed by atoms with E-state index in [1.807, 2.05) is 13.0 Å². The van der Waals surface area contributed by atoms with E-state index in [2.05, 4.69) is 20.5 Å². The van der Waals surface area contributed by atoms with Crippen LogP contribution in [-0.2, 0) is 4.74 Å². The minimum Gasteiger partial charge on any atom is -0.366 e. The van der Waals surface area contributed by atoms with Crippen LogP contribution in [-0.4, -0.2) is 31.8 Å². The van der Waals surface area contributed by atoms with Crippen LogP contribution in [0.2, 0.25) is 0 Å². The van der Waals surface area contributed by atoms with E-state index in [-0.39, 0.29) is 6.10 Å². The van der Waals surface area contributed by atoms with E-state index >= 15 is 0 Å². The van der Waals surface area contributed by atoms with Crippen LogP contribution in [0.1, 0.15) is 17.4 Å². The summed E-state index contributed by atoms with van der Waals surface area (Å²) >= 11 is 0. The first kappa shape index (κ1) is 8.49. The molecule has 0 bridgehead atoms. The minimum atomic E-state index is 0.188. The van der Waals surface area contributed by atoms with Gasteiger partial charge in [-0.1, -0.05) is 0 Å². The third-order valence-corrected chi connectivity index (χ3v) is 2.36. The highest BCUT2D eigenvalue weighted by atomic mass is 16.6. The number of rotatable bonds is 2. The number of hydrogen-bond donors (Lipinski definition) is 0. The summed E-state index contributed by atoms with van der Waals surface area (Å²) in [5.41, 5.74) is 2.97. The van der Waals surface area contributed by atoms with Gasteiger partial charge in [-0.25, -0.2) is 0 Å². The van der Waals surface area contributed by atoms with Crippen molar-refractivity contribution in [1.82, 2.24) is 25.2 Å². The predicted molar refractivity (Wildman–Crippen MR) is 50.4 cm³/mol. The average Bonchev–Trinajstić information content (AvgIpc) is 2.93. The van der Waals surface area contributed by atoms with Crippen molar-refractivity contribution in [2.45, 2.75) is 13.0 Å². The van der Waals surface area contributed by atoms with Gasteiger partial charge in [0, 0.05) is 0 Å². The molecule has 6 nitrogen and oxygen atoms in total. The molecule has 1 saturated heterocycles. The maximum atomic E-state index is 5.20. The highest BCUT2D eigenvalue weighted by Crippen LogP contribution is 2.30. The van der Waals surface area contributed by atoms with Crippen molar-refractivity contribution in [3.63, 3.8) is 0 Å². The van der Waals surface area contributed by atoms with E-state index in [1.54, 1.807) is 17.2 Å². The Kier molecular flexibility index (Phi) is 1.75. The number of epoxide rings is 1. The second-order valence-electron chi connectivity index (χ2n) is 3.47. The van der Waals surface area contributed by atoms with Crippen LogP contribution >= 0.6 is 0 Å². The normalized spacial score (nSPS) is 19.1. The van der Waals surface area contributed by atoms with Gasteiger partial charge in [-0.3, -0.25) is 4.98 Å². The summed E-state index contributed by atoms with van der Waals surface area (Å²) in [6.45, 7) is 2.79. The van der Waals surface area contributed by atoms with Gasteiger partial charge in [0.15, 0.2) is 0 Å². The van der Waals surface area contributed by atoms with Gasteiger partial charge < -0.3 is 4.74 Å². The van der Waals surface area contributed by atoms with Crippen molar-refractivity contribution >= 4 is 0 Å². The Labute approximate surface area is 85.9 Å². The molecule has 0 radical (unpaired) electrons. The molecule has 2 aromatic rings. The maximum Gasteiger partial charge on any atom is 0.143 e. The van der Waals surface area contributed by atoms with Crippen molar-refractivity contribution in [2.24, 2.45) is 0 Å². The molecule has 0 unspecified atom stereocenters. The smallest absolute Gasteiger partial charge is 0.143 e. The number of aromatic nitrogens is 5. The van der Waals surface area contributed by atoms with Gasteiger partial charge in [0.25, 0.3) is 0 Å². The quantitative estimate of drug-likeness (QED) is 0.662. The third kappa shape index (κ3) is 1.48. The van der Waals surface area contributed by atoms with Crippen LogP contribution in [0, 0.1) is 6.92 Å². The van der Waals surface area contributed by atoms with Crippen LogP contribution in [0.3, 0.4) is 0 Å². The fourth-order valence-corrected chi connectivity index (χ4v) is 1.52. The van der Waals surface area contributed by atoms with Crippen LogP contribution in [0.4, 0.5) is 0 Å². The van der Waals surface area contributed by atoms with Crippen molar-refractivity contribution in [1.29, 1.82) is 0 Å². The van der Waals surface area contributed by atoms with Crippen LogP contribution in [0.15, 0.2) is 18.6 Å². The lowest BCUT2D eigenvalue weighted by atomic mass is 10.1. The first-order valence-electron chi connectivity index (χ1n) is 4.66. The van der Waals surface area contributed by atoms with Crippen molar-refractivity contribution in [2.75, 3.05) is 6.61 Å². The molecule has 6 heteroatoms. The van der Waals surface area contributed by atoms with Gasteiger partial charge >= 0.3 is 0 Å². The summed E-state index contributed by atoms with van der Waals surface area (Å²) in [5, 5.41) is 11.0. The lowest BCUT2D eigenvalue weighted by molar-refractivity contribution is 0.410. The Morgan fingerprint density at radius 1 is 1.53 bits per heavy atom. The van der Waals surface area contributed by atoms with Gasteiger partial charge in [0.05, 0.1) is 24.2 Å². The van der Waals surface area contributed by atoms with Gasteiger partial charge in [-0.05, 0) is 29.0 Å². The highest BCUT2D eigenvalue weighted by Gasteiger charge is 2.27. The topological polar surface area (TPSA) is 69.0 Å². The van der Waals surface area contributed by atoms with Crippen molar-refractivity contribution in [3.05, 3.63) is 29.8 Å². The van der Waals surface area contributed by atoms with E-state index in [4.69, 9.17) is 4.74 Å². The Bertz CT molecular complexity index is 477. The van der Waals surface area contributed by atoms with E-state index in [9.17, 15) is 0 Å². The van der Waals surface area contributed by atoms with Gasteiger partial charge in [0.2, 0.25) is 0 Å². The molecule has 0 aromatic carbocycles. The SMILES string of the molecule is Cc1cc(-n2cnnn2)cnc1[C@H]1CO1. The third-order valence-electron chi connectivity index (χ3n) is 2.36. The summed E-state index contributed by atoms with van der Waals surface area (Å²) in [4.78, 5) is 4.35. The minimum absolute atomic E-state index is 0.188.